The van der Waals surface area contributed by atoms with Crippen molar-refractivity contribution in [2.75, 3.05) is 13.6 Å². The first-order chi connectivity index (χ1) is 6.58. The van der Waals surface area contributed by atoms with Crippen LogP contribution in [-0.4, -0.2) is 30.1 Å². The third kappa shape index (κ3) is 1.82. The second-order valence-electron chi connectivity index (χ2n) is 5.01. The predicted molar refractivity (Wildman–Crippen MR) is 62.3 cm³/mol. The molecule has 0 heterocycles. The molecule has 0 aromatic carbocycles. The van der Waals surface area contributed by atoms with Gasteiger partial charge in [-0.1, -0.05) is 19.8 Å². The summed E-state index contributed by atoms with van der Waals surface area (Å²) in [6, 6.07) is 0.602. The lowest BCUT2D eigenvalue weighted by Gasteiger charge is -2.45. The normalized spacial score (nSPS) is 33.2. The van der Waals surface area contributed by atoms with E-state index < -0.39 is 0 Å². The fourth-order valence-electron chi connectivity index (χ4n) is 3.10. The van der Waals surface area contributed by atoms with E-state index in [2.05, 4.69) is 32.7 Å². The molecule has 0 aromatic rings. The Kier molecular flexibility index (Phi) is 3.96. The van der Waals surface area contributed by atoms with Crippen molar-refractivity contribution in [2.45, 2.75) is 58.0 Å². The fourth-order valence-corrected chi connectivity index (χ4v) is 3.10. The summed E-state index contributed by atoms with van der Waals surface area (Å²) in [5.74, 6) is 0.805. The zero-order valence-electron chi connectivity index (χ0n) is 10.2. The highest BCUT2D eigenvalue weighted by Gasteiger charge is 2.44. The lowest BCUT2D eigenvalue weighted by atomic mass is 9.83. The Morgan fingerprint density at radius 3 is 2.57 bits per heavy atom. The molecule has 0 radical (unpaired) electrons. The summed E-state index contributed by atoms with van der Waals surface area (Å²) in [5.41, 5.74) is 6.33. The van der Waals surface area contributed by atoms with Crippen LogP contribution in [0.4, 0.5) is 0 Å². The zero-order chi connectivity index (χ0) is 10.8. The van der Waals surface area contributed by atoms with Gasteiger partial charge in [0.1, 0.15) is 0 Å². The van der Waals surface area contributed by atoms with Crippen LogP contribution in [0, 0.1) is 5.92 Å². The van der Waals surface area contributed by atoms with E-state index >= 15 is 0 Å². The molecule has 0 aromatic heterocycles. The number of hydrogen-bond acceptors (Lipinski definition) is 2. The van der Waals surface area contributed by atoms with Crippen LogP contribution in [0.15, 0.2) is 0 Å². The van der Waals surface area contributed by atoms with E-state index in [1.807, 2.05) is 0 Å². The number of nitrogens with two attached hydrogens (primary N) is 1. The largest absolute Gasteiger partial charge is 0.329 e. The first-order valence-corrected chi connectivity index (χ1v) is 6.01. The average molecular weight is 198 g/mol. The van der Waals surface area contributed by atoms with Crippen molar-refractivity contribution >= 4 is 0 Å². The standard InChI is InChI=1S/C12H26N2/c1-5-11-7-6-8-12(11,9-13)14(4)10(2)3/h10-11H,5-9,13H2,1-4H3. The van der Waals surface area contributed by atoms with Crippen molar-refractivity contribution in [3.05, 3.63) is 0 Å². The Hall–Kier alpha value is -0.0800. The molecule has 1 rings (SSSR count). The van der Waals surface area contributed by atoms with Crippen LogP contribution >= 0.6 is 0 Å². The van der Waals surface area contributed by atoms with Gasteiger partial charge < -0.3 is 5.73 Å². The highest BCUT2D eigenvalue weighted by atomic mass is 15.2. The minimum atomic E-state index is 0.295. The van der Waals surface area contributed by atoms with E-state index in [4.69, 9.17) is 5.73 Å². The summed E-state index contributed by atoms with van der Waals surface area (Å²) in [6.07, 6.45) is 5.28. The summed E-state index contributed by atoms with van der Waals surface area (Å²) in [6.45, 7) is 7.65. The van der Waals surface area contributed by atoms with Crippen LogP contribution in [0.2, 0.25) is 0 Å². The topological polar surface area (TPSA) is 29.3 Å². The number of likely N-dealkylation sites (N-methyl/N-ethyl adjacent to an activating group) is 1. The smallest absolute Gasteiger partial charge is 0.0359 e. The van der Waals surface area contributed by atoms with Crippen molar-refractivity contribution in [1.29, 1.82) is 0 Å². The molecule has 1 aliphatic rings. The molecule has 1 saturated carbocycles. The number of nitrogens with zero attached hydrogens (tertiary/aromatic N) is 1. The van der Waals surface area contributed by atoms with Crippen molar-refractivity contribution in [3.8, 4) is 0 Å². The molecule has 0 aliphatic heterocycles. The Balaban J connectivity index is 2.83. The molecule has 2 heteroatoms. The van der Waals surface area contributed by atoms with E-state index in [9.17, 15) is 0 Å². The Morgan fingerprint density at radius 2 is 2.14 bits per heavy atom. The monoisotopic (exact) mass is 198 g/mol. The second kappa shape index (κ2) is 4.63. The SMILES string of the molecule is CCC1CCCC1(CN)N(C)C(C)C. The maximum absolute atomic E-state index is 6.03. The van der Waals surface area contributed by atoms with Crippen LogP contribution in [-0.2, 0) is 0 Å². The van der Waals surface area contributed by atoms with E-state index in [0.717, 1.165) is 12.5 Å². The molecule has 2 unspecified atom stereocenters. The molecule has 14 heavy (non-hydrogen) atoms. The van der Waals surface area contributed by atoms with Gasteiger partial charge in [-0.2, -0.15) is 0 Å². The van der Waals surface area contributed by atoms with Gasteiger partial charge in [0.25, 0.3) is 0 Å². The summed E-state index contributed by atoms with van der Waals surface area (Å²) in [5, 5.41) is 0. The van der Waals surface area contributed by atoms with Gasteiger partial charge in [-0.3, -0.25) is 4.90 Å². The number of hydrogen-bond donors (Lipinski definition) is 1. The van der Waals surface area contributed by atoms with Gasteiger partial charge >= 0.3 is 0 Å². The summed E-state index contributed by atoms with van der Waals surface area (Å²) in [4.78, 5) is 2.51. The summed E-state index contributed by atoms with van der Waals surface area (Å²) >= 11 is 0. The molecule has 0 bridgehead atoms. The van der Waals surface area contributed by atoms with E-state index in [0.29, 0.717) is 11.6 Å². The molecule has 2 N–H and O–H groups in total. The van der Waals surface area contributed by atoms with Gasteiger partial charge in [0.15, 0.2) is 0 Å². The third-order valence-electron chi connectivity index (χ3n) is 4.25. The fraction of sp³-hybridized carbons (Fsp3) is 1.00. The predicted octanol–water partition coefficient (Wildman–Crippen LogP) is 2.23. The van der Waals surface area contributed by atoms with E-state index in [1.165, 1.54) is 25.7 Å². The first-order valence-electron chi connectivity index (χ1n) is 6.01. The molecule has 1 aliphatic carbocycles. The molecular weight excluding hydrogens is 172 g/mol. The average Bonchev–Trinajstić information content (AvgIpc) is 2.60. The van der Waals surface area contributed by atoms with Crippen molar-refractivity contribution in [3.63, 3.8) is 0 Å². The molecule has 0 saturated heterocycles. The van der Waals surface area contributed by atoms with Crippen LogP contribution in [0.1, 0.15) is 46.5 Å². The molecule has 2 atom stereocenters. The highest BCUT2D eigenvalue weighted by molar-refractivity contribution is 5.01. The zero-order valence-corrected chi connectivity index (χ0v) is 10.2. The van der Waals surface area contributed by atoms with Crippen molar-refractivity contribution < 1.29 is 0 Å². The molecule has 2 nitrogen and oxygen atoms in total. The quantitative estimate of drug-likeness (QED) is 0.750. The van der Waals surface area contributed by atoms with Crippen LogP contribution in [0.25, 0.3) is 0 Å². The molecular formula is C12H26N2. The van der Waals surface area contributed by atoms with Crippen LogP contribution < -0.4 is 5.73 Å². The van der Waals surface area contributed by atoms with Gasteiger partial charge in [0.2, 0.25) is 0 Å². The van der Waals surface area contributed by atoms with Gasteiger partial charge in [-0.15, -0.1) is 0 Å². The minimum Gasteiger partial charge on any atom is -0.329 e. The van der Waals surface area contributed by atoms with E-state index in [-0.39, 0.29) is 0 Å². The number of rotatable bonds is 4. The van der Waals surface area contributed by atoms with Gasteiger partial charge in [0, 0.05) is 18.1 Å². The molecule has 0 spiro atoms. The Bertz CT molecular complexity index is 179. The maximum atomic E-state index is 6.03. The lowest BCUT2D eigenvalue weighted by molar-refractivity contribution is 0.0544. The van der Waals surface area contributed by atoms with Crippen LogP contribution in [0.3, 0.4) is 0 Å². The summed E-state index contributed by atoms with van der Waals surface area (Å²) in [7, 11) is 2.24. The molecule has 1 fully saturated rings. The summed E-state index contributed by atoms with van der Waals surface area (Å²) < 4.78 is 0. The molecule has 84 valence electrons. The minimum absolute atomic E-state index is 0.295. The van der Waals surface area contributed by atoms with Crippen molar-refractivity contribution in [2.24, 2.45) is 11.7 Å². The lowest BCUT2D eigenvalue weighted by Crippen LogP contribution is -2.56. The first kappa shape index (κ1) is 12.0. The maximum Gasteiger partial charge on any atom is 0.0359 e. The van der Waals surface area contributed by atoms with Gasteiger partial charge in [-0.25, -0.2) is 0 Å². The van der Waals surface area contributed by atoms with Gasteiger partial charge in [-0.05, 0) is 39.7 Å². The van der Waals surface area contributed by atoms with Crippen LogP contribution in [0.5, 0.6) is 0 Å². The molecule has 0 amide bonds. The Morgan fingerprint density at radius 1 is 1.50 bits per heavy atom. The second-order valence-corrected chi connectivity index (χ2v) is 5.01. The van der Waals surface area contributed by atoms with Crippen molar-refractivity contribution in [1.82, 2.24) is 4.90 Å². The third-order valence-corrected chi connectivity index (χ3v) is 4.25. The Labute approximate surface area is 88.8 Å². The highest BCUT2D eigenvalue weighted by Crippen LogP contribution is 2.41. The van der Waals surface area contributed by atoms with Gasteiger partial charge in [0.05, 0.1) is 0 Å². The van der Waals surface area contributed by atoms with E-state index in [1.54, 1.807) is 0 Å².